The van der Waals surface area contributed by atoms with Gasteiger partial charge in [0.05, 0.1) is 12.2 Å². The quantitative estimate of drug-likeness (QED) is 0.669. The third kappa shape index (κ3) is 2.42. The van der Waals surface area contributed by atoms with Gasteiger partial charge in [0, 0.05) is 32.7 Å². The molecule has 0 amide bonds. The molecule has 1 N–H and O–H groups in total. The highest BCUT2D eigenvalue weighted by molar-refractivity contribution is 4.84. The zero-order valence-corrected chi connectivity index (χ0v) is 8.68. The predicted octanol–water partition coefficient (Wildman–Crippen LogP) is 0.317. The van der Waals surface area contributed by atoms with Crippen molar-refractivity contribution in [3.63, 3.8) is 0 Å². The molecule has 0 aromatic carbocycles. The molecule has 0 atom stereocenters. The van der Waals surface area contributed by atoms with Crippen LogP contribution in [0.2, 0.25) is 0 Å². The monoisotopic (exact) mass is 184 g/mol. The van der Waals surface area contributed by atoms with Gasteiger partial charge >= 0.3 is 0 Å². The average Bonchev–Trinajstić information content (AvgIpc) is 1.95. The molecule has 2 aliphatic heterocycles. The van der Waals surface area contributed by atoms with Crippen molar-refractivity contribution in [2.75, 3.05) is 39.3 Å². The van der Waals surface area contributed by atoms with Crippen LogP contribution in [0.4, 0.5) is 0 Å². The summed E-state index contributed by atoms with van der Waals surface area (Å²) in [5, 5.41) is 3.31. The third-order valence-corrected chi connectivity index (χ3v) is 2.89. The highest BCUT2D eigenvalue weighted by Gasteiger charge is 2.29. The Bertz CT molecular complexity index is 178. The number of ether oxygens (including phenoxy) is 1. The molecule has 2 saturated heterocycles. The van der Waals surface area contributed by atoms with Gasteiger partial charge in [-0.3, -0.25) is 4.90 Å². The van der Waals surface area contributed by atoms with E-state index in [-0.39, 0.29) is 5.60 Å². The minimum Gasteiger partial charge on any atom is -0.373 e. The second-order valence-corrected chi connectivity index (χ2v) is 4.87. The van der Waals surface area contributed by atoms with Gasteiger partial charge in [-0.1, -0.05) is 0 Å². The second kappa shape index (κ2) is 3.56. The molecule has 0 aromatic rings. The van der Waals surface area contributed by atoms with E-state index in [1.165, 1.54) is 19.6 Å². The van der Waals surface area contributed by atoms with Crippen molar-refractivity contribution in [2.24, 2.45) is 5.92 Å². The van der Waals surface area contributed by atoms with Gasteiger partial charge in [0.2, 0.25) is 0 Å². The van der Waals surface area contributed by atoms with E-state index in [1.807, 2.05) is 0 Å². The van der Waals surface area contributed by atoms with Crippen LogP contribution in [0.15, 0.2) is 0 Å². The van der Waals surface area contributed by atoms with Crippen LogP contribution in [-0.4, -0.2) is 49.8 Å². The van der Waals surface area contributed by atoms with Crippen LogP contribution in [-0.2, 0) is 4.74 Å². The SMILES string of the molecule is CC1(C)CN(CC2CNC2)CCO1. The Labute approximate surface area is 80.4 Å². The maximum Gasteiger partial charge on any atom is 0.0753 e. The number of morpholine rings is 1. The third-order valence-electron chi connectivity index (χ3n) is 2.89. The lowest BCUT2D eigenvalue weighted by molar-refractivity contribution is -0.0902. The van der Waals surface area contributed by atoms with Crippen LogP contribution in [0, 0.1) is 5.92 Å². The summed E-state index contributed by atoms with van der Waals surface area (Å²) in [6.07, 6.45) is 0. The van der Waals surface area contributed by atoms with Crippen molar-refractivity contribution in [3.8, 4) is 0 Å². The summed E-state index contributed by atoms with van der Waals surface area (Å²) in [7, 11) is 0. The maximum atomic E-state index is 5.67. The molecule has 0 saturated carbocycles. The number of nitrogens with one attached hydrogen (secondary N) is 1. The predicted molar refractivity (Wildman–Crippen MR) is 52.8 cm³/mol. The number of hydrogen-bond donors (Lipinski definition) is 1. The largest absolute Gasteiger partial charge is 0.373 e. The smallest absolute Gasteiger partial charge is 0.0753 e. The molecule has 2 fully saturated rings. The Morgan fingerprint density at radius 1 is 1.46 bits per heavy atom. The van der Waals surface area contributed by atoms with Gasteiger partial charge in [0.25, 0.3) is 0 Å². The molecule has 0 bridgehead atoms. The van der Waals surface area contributed by atoms with Crippen molar-refractivity contribution >= 4 is 0 Å². The Balaban J connectivity index is 1.78. The second-order valence-electron chi connectivity index (χ2n) is 4.87. The summed E-state index contributed by atoms with van der Waals surface area (Å²) in [6.45, 7) is 11.1. The van der Waals surface area contributed by atoms with E-state index >= 15 is 0 Å². The summed E-state index contributed by atoms with van der Waals surface area (Å²) >= 11 is 0. The Hall–Kier alpha value is -0.120. The average molecular weight is 184 g/mol. The van der Waals surface area contributed by atoms with Crippen molar-refractivity contribution in [3.05, 3.63) is 0 Å². The lowest BCUT2D eigenvalue weighted by Crippen LogP contribution is -2.54. The number of rotatable bonds is 2. The van der Waals surface area contributed by atoms with E-state index in [9.17, 15) is 0 Å². The molecule has 0 radical (unpaired) electrons. The van der Waals surface area contributed by atoms with Crippen LogP contribution >= 0.6 is 0 Å². The topological polar surface area (TPSA) is 24.5 Å². The van der Waals surface area contributed by atoms with Gasteiger partial charge in [-0.2, -0.15) is 0 Å². The van der Waals surface area contributed by atoms with Crippen LogP contribution in [0.5, 0.6) is 0 Å². The normalized spacial score (nSPS) is 30.0. The molecule has 13 heavy (non-hydrogen) atoms. The zero-order valence-electron chi connectivity index (χ0n) is 8.68. The molecule has 2 rings (SSSR count). The lowest BCUT2D eigenvalue weighted by Gasteiger charge is -2.41. The molecule has 3 nitrogen and oxygen atoms in total. The maximum absolute atomic E-state index is 5.67. The number of nitrogens with zero attached hydrogens (tertiary/aromatic N) is 1. The molecule has 0 unspecified atom stereocenters. The van der Waals surface area contributed by atoms with E-state index in [4.69, 9.17) is 4.74 Å². The van der Waals surface area contributed by atoms with E-state index < -0.39 is 0 Å². The minimum atomic E-state index is 0.0649. The minimum absolute atomic E-state index is 0.0649. The van der Waals surface area contributed by atoms with Gasteiger partial charge in [0.15, 0.2) is 0 Å². The van der Waals surface area contributed by atoms with Crippen LogP contribution in [0.3, 0.4) is 0 Å². The highest BCUT2D eigenvalue weighted by Crippen LogP contribution is 2.18. The van der Waals surface area contributed by atoms with Gasteiger partial charge < -0.3 is 10.1 Å². The molecule has 3 heteroatoms. The lowest BCUT2D eigenvalue weighted by atomic mass is 10.0. The van der Waals surface area contributed by atoms with Crippen molar-refractivity contribution in [1.29, 1.82) is 0 Å². The molecule has 2 aliphatic rings. The Kier molecular flexibility index (Phi) is 2.58. The van der Waals surface area contributed by atoms with E-state index in [0.29, 0.717) is 0 Å². The summed E-state index contributed by atoms with van der Waals surface area (Å²) in [5.74, 6) is 0.883. The van der Waals surface area contributed by atoms with Crippen LogP contribution in [0.1, 0.15) is 13.8 Å². The fourth-order valence-electron chi connectivity index (χ4n) is 2.11. The molecular formula is C10H20N2O. The van der Waals surface area contributed by atoms with Gasteiger partial charge in [0.1, 0.15) is 0 Å². The van der Waals surface area contributed by atoms with Crippen molar-refractivity contribution in [1.82, 2.24) is 10.2 Å². The number of hydrogen-bond acceptors (Lipinski definition) is 3. The first-order valence-electron chi connectivity index (χ1n) is 5.23. The van der Waals surface area contributed by atoms with Gasteiger partial charge in [-0.25, -0.2) is 0 Å². The zero-order chi connectivity index (χ0) is 9.31. The molecule has 76 valence electrons. The van der Waals surface area contributed by atoms with Gasteiger partial charge in [-0.05, 0) is 19.8 Å². The first-order chi connectivity index (χ1) is 6.16. The molecular weight excluding hydrogens is 164 g/mol. The fourth-order valence-corrected chi connectivity index (χ4v) is 2.11. The Morgan fingerprint density at radius 2 is 2.23 bits per heavy atom. The van der Waals surface area contributed by atoms with E-state index in [1.54, 1.807) is 0 Å². The Morgan fingerprint density at radius 3 is 2.77 bits per heavy atom. The molecule has 0 aromatic heterocycles. The summed E-state index contributed by atoms with van der Waals surface area (Å²) < 4.78 is 5.67. The molecule has 0 spiro atoms. The fraction of sp³-hybridized carbons (Fsp3) is 1.00. The molecule has 2 heterocycles. The van der Waals surface area contributed by atoms with Crippen molar-refractivity contribution < 1.29 is 4.74 Å². The van der Waals surface area contributed by atoms with Crippen molar-refractivity contribution in [2.45, 2.75) is 19.4 Å². The van der Waals surface area contributed by atoms with Crippen LogP contribution in [0.25, 0.3) is 0 Å². The summed E-state index contributed by atoms with van der Waals surface area (Å²) in [4.78, 5) is 2.54. The first-order valence-corrected chi connectivity index (χ1v) is 5.23. The molecule has 0 aliphatic carbocycles. The highest BCUT2D eigenvalue weighted by atomic mass is 16.5. The van der Waals surface area contributed by atoms with Gasteiger partial charge in [-0.15, -0.1) is 0 Å². The van der Waals surface area contributed by atoms with E-state index in [0.717, 1.165) is 25.6 Å². The standard InChI is InChI=1S/C10H20N2O/c1-10(2)8-12(3-4-13-10)7-9-5-11-6-9/h9,11H,3-8H2,1-2H3. The summed E-state index contributed by atoms with van der Waals surface area (Å²) in [6, 6.07) is 0. The summed E-state index contributed by atoms with van der Waals surface area (Å²) in [5.41, 5.74) is 0.0649. The van der Waals surface area contributed by atoms with Crippen LogP contribution < -0.4 is 5.32 Å². The first kappa shape index (κ1) is 9.44. The van der Waals surface area contributed by atoms with E-state index in [2.05, 4.69) is 24.1 Å².